The van der Waals surface area contributed by atoms with Gasteiger partial charge in [0.2, 0.25) is 0 Å². The molecule has 0 saturated heterocycles. The summed E-state index contributed by atoms with van der Waals surface area (Å²) >= 11 is 0. The van der Waals surface area contributed by atoms with Crippen molar-refractivity contribution < 1.29 is 24.3 Å². The first-order chi connectivity index (χ1) is 10.4. The molecule has 7 heteroatoms. The Bertz CT molecular complexity index is 332. The molecule has 0 bridgehead atoms. The number of amides is 2. The summed E-state index contributed by atoms with van der Waals surface area (Å²) in [7, 11) is 0. The molecule has 0 radical (unpaired) electrons. The third-order valence-corrected chi connectivity index (χ3v) is 2.64. The zero-order valence-corrected chi connectivity index (χ0v) is 13.6. The number of hydrogen-bond donors (Lipinski definition) is 3. The van der Waals surface area contributed by atoms with Gasteiger partial charge >= 0.3 is 12.0 Å². The molecule has 0 aromatic carbocycles. The maximum absolute atomic E-state index is 11.2. The second-order valence-electron chi connectivity index (χ2n) is 5.17. The Morgan fingerprint density at radius 3 is 2.05 bits per heavy atom. The predicted octanol–water partition coefficient (Wildman–Crippen LogP) is 1.75. The van der Waals surface area contributed by atoms with Crippen molar-refractivity contribution in [3.05, 3.63) is 0 Å². The summed E-state index contributed by atoms with van der Waals surface area (Å²) in [4.78, 5) is 41.4. The molecule has 0 aliphatic rings. The van der Waals surface area contributed by atoms with Gasteiger partial charge in [0.1, 0.15) is 18.6 Å². The highest BCUT2D eigenvalue weighted by molar-refractivity contribution is 5.83. The first-order valence-corrected chi connectivity index (χ1v) is 7.53. The Balaban J connectivity index is 0. The van der Waals surface area contributed by atoms with Gasteiger partial charge in [-0.15, -0.1) is 0 Å². The van der Waals surface area contributed by atoms with Crippen molar-refractivity contribution in [2.24, 2.45) is 5.92 Å². The molecule has 0 heterocycles. The Kier molecular flexibility index (Phi) is 15.7. The van der Waals surface area contributed by atoms with Crippen molar-refractivity contribution in [3.63, 3.8) is 0 Å². The number of carboxylic acid groups (broad SMARTS) is 1. The summed E-state index contributed by atoms with van der Waals surface area (Å²) in [5.74, 6) is -0.460. The van der Waals surface area contributed by atoms with E-state index in [1.54, 1.807) is 0 Å². The Morgan fingerprint density at radius 2 is 1.64 bits per heavy atom. The maximum atomic E-state index is 11.2. The lowest BCUT2D eigenvalue weighted by Crippen LogP contribution is -2.46. The van der Waals surface area contributed by atoms with Crippen LogP contribution in [0.3, 0.4) is 0 Å². The molecule has 0 rings (SSSR count). The SMILES string of the molecule is CC(C)CCCCC(NC(=O)NCC=O)C(=O)O.CCC=O. The highest BCUT2D eigenvalue weighted by Crippen LogP contribution is 2.09. The van der Waals surface area contributed by atoms with Crippen LogP contribution in [-0.2, 0) is 14.4 Å². The zero-order chi connectivity index (χ0) is 17.4. The number of aldehydes is 2. The second-order valence-corrected chi connectivity index (χ2v) is 5.17. The minimum atomic E-state index is -1.05. The molecule has 3 N–H and O–H groups in total. The van der Waals surface area contributed by atoms with E-state index in [2.05, 4.69) is 24.5 Å². The van der Waals surface area contributed by atoms with Gasteiger partial charge in [-0.25, -0.2) is 9.59 Å². The number of nitrogens with one attached hydrogen (secondary N) is 2. The fourth-order valence-electron chi connectivity index (χ4n) is 1.50. The zero-order valence-electron chi connectivity index (χ0n) is 13.6. The van der Waals surface area contributed by atoms with Crippen LogP contribution in [0.25, 0.3) is 0 Å². The number of unbranched alkanes of at least 4 members (excludes halogenated alkanes) is 1. The van der Waals surface area contributed by atoms with E-state index >= 15 is 0 Å². The number of carboxylic acids is 1. The average Bonchev–Trinajstić information content (AvgIpc) is 2.47. The van der Waals surface area contributed by atoms with Gasteiger partial charge in [0.05, 0.1) is 6.54 Å². The third kappa shape index (κ3) is 16.1. The molecule has 7 nitrogen and oxygen atoms in total. The normalized spacial score (nSPS) is 10.9. The van der Waals surface area contributed by atoms with E-state index < -0.39 is 18.0 Å². The van der Waals surface area contributed by atoms with E-state index in [0.29, 0.717) is 25.0 Å². The first-order valence-electron chi connectivity index (χ1n) is 7.53. The van der Waals surface area contributed by atoms with Crippen molar-refractivity contribution in [1.82, 2.24) is 10.6 Å². The van der Waals surface area contributed by atoms with E-state index in [9.17, 15) is 19.2 Å². The molecule has 22 heavy (non-hydrogen) atoms. The van der Waals surface area contributed by atoms with Gasteiger partial charge in [-0.3, -0.25) is 0 Å². The van der Waals surface area contributed by atoms with Crippen molar-refractivity contribution >= 4 is 24.6 Å². The minimum absolute atomic E-state index is 0.120. The van der Waals surface area contributed by atoms with Crippen LogP contribution in [0, 0.1) is 5.92 Å². The largest absolute Gasteiger partial charge is 0.480 e. The molecular formula is C15H28N2O5. The van der Waals surface area contributed by atoms with Gasteiger partial charge in [-0.2, -0.15) is 0 Å². The lowest BCUT2D eigenvalue weighted by Gasteiger charge is -2.14. The molecule has 0 saturated carbocycles. The van der Waals surface area contributed by atoms with Crippen LogP contribution in [0.4, 0.5) is 4.79 Å². The van der Waals surface area contributed by atoms with Gasteiger partial charge in [0, 0.05) is 6.42 Å². The van der Waals surface area contributed by atoms with Crippen LogP contribution in [0.2, 0.25) is 0 Å². The monoisotopic (exact) mass is 316 g/mol. The van der Waals surface area contributed by atoms with E-state index in [0.717, 1.165) is 25.5 Å². The molecule has 128 valence electrons. The van der Waals surface area contributed by atoms with E-state index in [1.807, 2.05) is 6.92 Å². The van der Waals surface area contributed by atoms with Crippen LogP contribution < -0.4 is 10.6 Å². The second kappa shape index (κ2) is 15.5. The molecule has 2 amide bonds. The summed E-state index contributed by atoms with van der Waals surface area (Å²) in [6.07, 6.45) is 5.19. The lowest BCUT2D eigenvalue weighted by atomic mass is 10.0. The molecule has 0 aromatic heterocycles. The molecular weight excluding hydrogens is 288 g/mol. The van der Waals surface area contributed by atoms with Gasteiger partial charge in [-0.1, -0.05) is 40.0 Å². The van der Waals surface area contributed by atoms with Gasteiger partial charge in [0.15, 0.2) is 0 Å². The molecule has 0 aliphatic carbocycles. The molecule has 0 aromatic rings. The smallest absolute Gasteiger partial charge is 0.326 e. The average molecular weight is 316 g/mol. The van der Waals surface area contributed by atoms with E-state index in [-0.39, 0.29) is 6.54 Å². The van der Waals surface area contributed by atoms with Gasteiger partial charge in [-0.05, 0) is 12.3 Å². The quantitative estimate of drug-likeness (QED) is 0.420. The Hall–Kier alpha value is -1.92. The molecule has 0 spiro atoms. The lowest BCUT2D eigenvalue weighted by molar-refractivity contribution is -0.139. The van der Waals surface area contributed by atoms with Crippen LogP contribution in [0.15, 0.2) is 0 Å². The number of urea groups is 1. The maximum Gasteiger partial charge on any atom is 0.326 e. The number of hydrogen-bond acceptors (Lipinski definition) is 4. The van der Waals surface area contributed by atoms with Crippen LogP contribution in [0.1, 0.15) is 52.9 Å². The topological polar surface area (TPSA) is 113 Å². The van der Waals surface area contributed by atoms with Crippen molar-refractivity contribution in [1.29, 1.82) is 0 Å². The molecule has 0 fully saturated rings. The van der Waals surface area contributed by atoms with Crippen molar-refractivity contribution in [2.75, 3.05) is 6.54 Å². The Morgan fingerprint density at radius 1 is 1.09 bits per heavy atom. The van der Waals surface area contributed by atoms with Crippen molar-refractivity contribution in [2.45, 2.75) is 58.9 Å². The summed E-state index contributed by atoms with van der Waals surface area (Å²) in [5, 5.41) is 13.5. The van der Waals surface area contributed by atoms with Crippen LogP contribution in [0.5, 0.6) is 0 Å². The summed E-state index contributed by atoms with van der Waals surface area (Å²) in [6.45, 7) is 5.91. The van der Waals surface area contributed by atoms with Gasteiger partial charge < -0.3 is 25.3 Å². The molecule has 0 aliphatic heterocycles. The predicted molar refractivity (Wildman–Crippen MR) is 83.7 cm³/mol. The van der Waals surface area contributed by atoms with Gasteiger partial charge in [0.25, 0.3) is 0 Å². The third-order valence-electron chi connectivity index (χ3n) is 2.64. The standard InChI is InChI=1S/C12H22N2O4.C3H6O/c1-9(2)5-3-4-6-10(11(16)17)14-12(18)13-7-8-15;1-2-3-4/h8-10H,3-7H2,1-2H3,(H,16,17)(H2,13,14,18);3H,2H2,1H3. The van der Waals surface area contributed by atoms with Crippen molar-refractivity contribution in [3.8, 4) is 0 Å². The van der Waals surface area contributed by atoms with Crippen LogP contribution in [-0.4, -0.2) is 42.3 Å². The summed E-state index contributed by atoms with van der Waals surface area (Å²) in [5.41, 5.74) is 0. The first kappa shape index (κ1) is 22.4. The molecule has 1 unspecified atom stereocenters. The number of aliphatic carboxylic acids is 1. The fraction of sp³-hybridized carbons (Fsp3) is 0.733. The summed E-state index contributed by atoms with van der Waals surface area (Å²) in [6, 6.07) is -1.53. The highest BCUT2D eigenvalue weighted by Gasteiger charge is 2.18. The number of carbonyl (C=O) groups is 4. The summed E-state index contributed by atoms with van der Waals surface area (Å²) < 4.78 is 0. The van der Waals surface area contributed by atoms with E-state index in [4.69, 9.17) is 5.11 Å². The molecule has 1 atom stereocenters. The van der Waals surface area contributed by atoms with Crippen LogP contribution >= 0.6 is 0 Å². The fourth-order valence-corrected chi connectivity index (χ4v) is 1.50. The number of rotatable bonds is 10. The Labute approximate surface area is 131 Å². The minimum Gasteiger partial charge on any atom is -0.480 e. The highest BCUT2D eigenvalue weighted by atomic mass is 16.4. The number of carbonyl (C=O) groups excluding carboxylic acids is 3. The van der Waals surface area contributed by atoms with E-state index in [1.165, 1.54) is 0 Å².